The summed E-state index contributed by atoms with van der Waals surface area (Å²) in [6, 6.07) is 8.69. The summed E-state index contributed by atoms with van der Waals surface area (Å²) in [7, 11) is -4.26. The number of benzene rings is 2. The van der Waals surface area contributed by atoms with Crippen molar-refractivity contribution in [1.82, 2.24) is 0 Å². The van der Waals surface area contributed by atoms with Crippen LogP contribution in [0.5, 0.6) is 5.75 Å². The molecule has 0 bridgehead atoms. The van der Waals surface area contributed by atoms with E-state index in [9.17, 15) is 13.2 Å². The number of rotatable bonds is 3. The maximum absolute atomic E-state index is 12.3. The third-order valence-corrected chi connectivity index (χ3v) is 7.40. The standard InChI is InChI=1S/C13H7I3O5S/c14-9-5-6-10(15)12(16)11(9)13(17)21-7-1-3-8(4-2-7)22(18,19)20/h1-6H,(H,18,19,20). The minimum atomic E-state index is -4.26. The Morgan fingerprint density at radius 2 is 1.50 bits per heavy atom. The van der Waals surface area contributed by atoms with Gasteiger partial charge >= 0.3 is 5.97 Å². The molecule has 0 heterocycles. The van der Waals surface area contributed by atoms with Gasteiger partial charge in [-0.05, 0) is 104 Å². The normalized spacial score (nSPS) is 11.3. The zero-order valence-corrected chi connectivity index (χ0v) is 17.9. The molecule has 2 rings (SSSR count). The zero-order chi connectivity index (χ0) is 16.5. The van der Waals surface area contributed by atoms with Gasteiger partial charge in [0.25, 0.3) is 10.1 Å². The molecular formula is C13H7I3O5S. The quantitative estimate of drug-likeness (QED) is 0.178. The molecule has 5 nitrogen and oxygen atoms in total. The predicted molar refractivity (Wildman–Crippen MR) is 106 cm³/mol. The Labute approximate surface area is 168 Å². The minimum absolute atomic E-state index is 0.197. The third-order valence-electron chi connectivity index (χ3n) is 2.58. The Morgan fingerprint density at radius 1 is 0.955 bits per heavy atom. The van der Waals surface area contributed by atoms with E-state index in [0.717, 1.165) is 10.7 Å². The minimum Gasteiger partial charge on any atom is -0.423 e. The number of hydrogen-bond donors (Lipinski definition) is 1. The molecule has 9 heteroatoms. The van der Waals surface area contributed by atoms with Gasteiger partial charge in [0.05, 0.1) is 10.5 Å². The van der Waals surface area contributed by atoms with Gasteiger partial charge in [0, 0.05) is 10.7 Å². The first-order valence-corrected chi connectivity index (χ1v) is 10.3. The van der Waals surface area contributed by atoms with Crippen LogP contribution in [-0.2, 0) is 10.1 Å². The van der Waals surface area contributed by atoms with E-state index in [1.807, 2.05) is 12.1 Å². The lowest BCUT2D eigenvalue weighted by atomic mass is 10.2. The lowest BCUT2D eigenvalue weighted by molar-refractivity contribution is 0.0732. The summed E-state index contributed by atoms with van der Waals surface area (Å²) in [6.07, 6.45) is 0. The van der Waals surface area contributed by atoms with E-state index >= 15 is 0 Å². The smallest absolute Gasteiger partial charge is 0.345 e. The van der Waals surface area contributed by atoms with Crippen molar-refractivity contribution in [1.29, 1.82) is 0 Å². The first kappa shape index (κ1) is 18.4. The second-order valence-electron chi connectivity index (χ2n) is 4.05. The van der Waals surface area contributed by atoms with Crippen LogP contribution in [0.2, 0.25) is 0 Å². The van der Waals surface area contributed by atoms with Crippen molar-refractivity contribution in [2.24, 2.45) is 0 Å². The molecule has 0 radical (unpaired) electrons. The number of carbonyl (C=O) groups is 1. The topological polar surface area (TPSA) is 80.7 Å². The van der Waals surface area contributed by atoms with Crippen molar-refractivity contribution < 1.29 is 22.5 Å². The molecule has 0 aliphatic carbocycles. The molecule has 0 saturated carbocycles. The molecular weight excluding hydrogens is 649 g/mol. The van der Waals surface area contributed by atoms with Crippen molar-refractivity contribution in [3.8, 4) is 5.75 Å². The van der Waals surface area contributed by atoms with E-state index in [-0.39, 0.29) is 10.6 Å². The van der Waals surface area contributed by atoms with Gasteiger partial charge in [-0.1, -0.05) is 0 Å². The van der Waals surface area contributed by atoms with Crippen LogP contribution < -0.4 is 4.74 Å². The Bertz CT molecular complexity index is 831. The van der Waals surface area contributed by atoms with Gasteiger partial charge in [-0.25, -0.2) is 4.79 Å². The van der Waals surface area contributed by atoms with Crippen LogP contribution in [0, 0.1) is 10.7 Å². The first-order valence-electron chi connectivity index (χ1n) is 5.63. The molecule has 0 aliphatic rings. The lowest BCUT2D eigenvalue weighted by Gasteiger charge is -2.09. The van der Waals surface area contributed by atoms with Crippen LogP contribution in [0.4, 0.5) is 0 Å². The third kappa shape index (κ3) is 4.30. The monoisotopic (exact) mass is 656 g/mol. The highest BCUT2D eigenvalue weighted by molar-refractivity contribution is 14.1. The fourth-order valence-corrected chi connectivity index (χ4v) is 4.36. The molecule has 0 fully saturated rings. The van der Waals surface area contributed by atoms with E-state index < -0.39 is 16.1 Å². The molecule has 0 unspecified atom stereocenters. The largest absolute Gasteiger partial charge is 0.423 e. The van der Waals surface area contributed by atoms with Gasteiger partial charge in [0.15, 0.2) is 0 Å². The van der Waals surface area contributed by atoms with Crippen molar-refractivity contribution >= 4 is 83.9 Å². The summed E-state index contributed by atoms with van der Waals surface area (Å²) in [5, 5.41) is 0. The number of halogens is 3. The molecule has 2 aromatic carbocycles. The van der Waals surface area contributed by atoms with Crippen LogP contribution in [-0.4, -0.2) is 18.9 Å². The highest BCUT2D eigenvalue weighted by Gasteiger charge is 2.19. The highest BCUT2D eigenvalue weighted by Crippen LogP contribution is 2.26. The number of esters is 1. The van der Waals surface area contributed by atoms with Gasteiger partial charge in [0.1, 0.15) is 5.75 Å². The van der Waals surface area contributed by atoms with Crippen LogP contribution in [0.15, 0.2) is 41.3 Å². The van der Waals surface area contributed by atoms with Crippen molar-refractivity contribution in [3.05, 3.63) is 52.7 Å². The van der Waals surface area contributed by atoms with E-state index in [1.165, 1.54) is 24.3 Å². The van der Waals surface area contributed by atoms with E-state index in [4.69, 9.17) is 9.29 Å². The summed E-state index contributed by atoms with van der Waals surface area (Å²) >= 11 is 6.26. The number of hydrogen-bond acceptors (Lipinski definition) is 4. The summed E-state index contributed by atoms with van der Waals surface area (Å²) in [5.41, 5.74) is 0.465. The molecule has 1 N–H and O–H groups in total. The van der Waals surface area contributed by atoms with Gasteiger partial charge in [0.2, 0.25) is 0 Å². The van der Waals surface area contributed by atoms with Crippen LogP contribution in [0.3, 0.4) is 0 Å². The molecule has 0 saturated heterocycles. The molecule has 0 spiro atoms. The van der Waals surface area contributed by atoms with E-state index in [2.05, 4.69) is 67.8 Å². The van der Waals surface area contributed by atoms with Crippen molar-refractivity contribution in [2.75, 3.05) is 0 Å². The summed E-state index contributed by atoms with van der Waals surface area (Å²) in [5.74, 6) is -0.324. The highest BCUT2D eigenvalue weighted by atomic mass is 127. The van der Waals surface area contributed by atoms with Gasteiger partial charge in [-0.3, -0.25) is 4.55 Å². The summed E-state index contributed by atoms with van der Waals surface area (Å²) < 4.78 is 38.6. The first-order chi connectivity index (χ1) is 10.2. The maximum atomic E-state index is 12.3. The molecule has 116 valence electrons. The number of carbonyl (C=O) groups excluding carboxylic acids is 1. The molecule has 2 aromatic rings. The number of ether oxygens (including phenoxy) is 1. The Balaban J connectivity index is 2.29. The Morgan fingerprint density at radius 3 is 2.05 bits per heavy atom. The van der Waals surface area contributed by atoms with E-state index in [0.29, 0.717) is 5.56 Å². The van der Waals surface area contributed by atoms with Gasteiger partial charge in [-0.15, -0.1) is 0 Å². The van der Waals surface area contributed by atoms with E-state index in [1.54, 1.807) is 0 Å². The Kier molecular flexibility index (Phi) is 6.07. The second-order valence-corrected chi connectivity index (χ2v) is 8.88. The zero-order valence-electron chi connectivity index (χ0n) is 10.6. The molecule has 0 atom stereocenters. The van der Waals surface area contributed by atoms with Crippen LogP contribution >= 0.6 is 67.8 Å². The van der Waals surface area contributed by atoms with Gasteiger partial charge < -0.3 is 4.74 Å². The lowest BCUT2D eigenvalue weighted by Crippen LogP contribution is -2.13. The average Bonchev–Trinajstić information content (AvgIpc) is 2.43. The summed E-state index contributed by atoms with van der Waals surface area (Å²) in [4.78, 5) is 12.0. The van der Waals surface area contributed by atoms with Crippen LogP contribution in [0.25, 0.3) is 0 Å². The van der Waals surface area contributed by atoms with Crippen molar-refractivity contribution in [2.45, 2.75) is 4.90 Å². The second kappa shape index (κ2) is 7.27. The average molecular weight is 656 g/mol. The summed E-state index contributed by atoms with van der Waals surface area (Å²) in [6.45, 7) is 0. The molecule has 0 aliphatic heterocycles. The maximum Gasteiger partial charge on any atom is 0.345 e. The molecule has 0 aromatic heterocycles. The Hall–Kier alpha value is 0.0100. The predicted octanol–water partition coefficient (Wildman–Crippen LogP) is 3.97. The fraction of sp³-hybridized carbons (Fsp3) is 0. The van der Waals surface area contributed by atoms with Gasteiger partial charge in [-0.2, -0.15) is 8.42 Å². The molecule has 0 amide bonds. The fourth-order valence-electron chi connectivity index (χ4n) is 1.55. The molecule has 22 heavy (non-hydrogen) atoms. The SMILES string of the molecule is O=C(Oc1ccc(S(=O)(=O)O)cc1)c1c(I)ccc(I)c1I. The van der Waals surface area contributed by atoms with Crippen LogP contribution in [0.1, 0.15) is 10.4 Å². The van der Waals surface area contributed by atoms with Crippen molar-refractivity contribution in [3.63, 3.8) is 0 Å².